The zero-order chi connectivity index (χ0) is 19.0. The van der Waals surface area contributed by atoms with Gasteiger partial charge in [-0.1, -0.05) is 0 Å². The number of hydrogen-bond donors (Lipinski definition) is 1. The summed E-state index contributed by atoms with van der Waals surface area (Å²) in [7, 11) is 0. The van der Waals surface area contributed by atoms with E-state index in [-0.39, 0.29) is 24.1 Å². The fraction of sp³-hybridized carbons (Fsp3) is 0.316. The Morgan fingerprint density at radius 3 is 2.85 bits per heavy atom. The number of carbonyl (C=O) groups excluding carboxylic acids is 2. The Balaban J connectivity index is 1.33. The van der Waals surface area contributed by atoms with Crippen LogP contribution in [0.4, 0.5) is 10.1 Å². The van der Waals surface area contributed by atoms with Crippen LogP contribution in [0, 0.1) is 18.7 Å². The van der Waals surface area contributed by atoms with Crippen LogP contribution >= 0.6 is 0 Å². The van der Waals surface area contributed by atoms with Gasteiger partial charge in [0, 0.05) is 50.2 Å². The molecule has 7 nitrogen and oxygen atoms in total. The molecule has 4 rings (SSSR count). The van der Waals surface area contributed by atoms with Crippen molar-refractivity contribution in [2.24, 2.45) is 5.92 Å². The van der Waals surface area contributed by atoms with E-state index in [2.05, 4.69) is 10.4 Å². The molecule has 1 unspecified atom stereocenters. The lowest BCUT2D eigenvalue weighted by Gasteiger charge is -2.16. The summed E-state index contributed by atoms with van der Waals surface area (Å²) >= 11 is 0. The van der Waals surface area contributed by atoms with Gasteiger partial charge in [0.2, 0.25) is 11.8 Å². The van der Waals surface area contributed by atoms with Crippen LogP contribution < -0.4 is 10.2 Å². The van der Waals surface area contributed by atoms with Crippen molar-refractivity contribution in [2.75, 3.05) is 18.0 Å². The highest BCUT2D eigenvalue weighted by Gasteiger charge is 2.34. The summed E-state index contributed by atoms with van der Waals surface area (Å²) in [6, 6.07) is 7.72. The van der Waals surface area contributed by atoms with E-state index in [1.807, 2.05) is 30.0 Å². The molecule has 1 N–H and O–H groups in total. The van der Waals surface area contributed by atoms with Gasteiger partial charge in [0.15, 0.2) is 0 Å². The van der Waals surface area contributed by atoms with E-state index in [4.69, 9.17) is 0 Å². The molecule has 0 radical (unpaired) electrons. The van der Waals surface area contributed by atoms with E-state index in [0.717, 1.165) is 11.3 Å². The number of carbonyl (C=O) groups is 2. The third-order valence-electron chi connectivity index (χ3n) is 4.81. The number of hydrogen-bond acceptors (Lipinski definition) is 3. The van der Waals surface area contributed by atoms with Crippen LogP contribution in [0.25, 0.3) is 5.65 Å². The number of aryl methyl sites for hydroxylation is 1. The maximum Gasteiger partial charge on any atom is 0.227 e. The van der Waals surface area contributed by atoms with Crippen molar-refractivity contribution in [2.45, 2.75) is 19.9 Å². The number of fused-ring (bicyclic) bond motifs is 1. The SMILES string of the molecule is Cc1cc2n(CCNC(=O)C3CC(=O)N(c4ccc(F)cc4)C3)ccn2n1. The summed E-state index contributed by atoms with van der Waals surface area (Å²) in [5, 5.41) is 7.24. The average molecular weight is 369 g/mol. The van der Waals surface area contributed by atoms with Crippen molar-refractivity contribution < 1.29 is 14.0 Å². The fourth-order valence-corrected chi connectivity index (χ4v) is 3.43. The van der Waals surface area contributed by atoms with Crippen molar-refractivity contribution >= 4 is 23.1 Å². The maximum atomic E-state index is 13.1. The third kappa shape index (κ3) is 3.42. The first kappa shape index (κ1) is 17.3. The molecule has 0 aliphatic carbocycles. The highest BCUT2D eigenvalue weighted by Crippen LogP contribution is 2.25. The summed E-state index contributed by atoms with van der Waals surface area (Å²) in [5.41, 5.74) is 2.52. The van der Waals surface area contributed by atoms with E-state index in [1.54, 1.807) is 16.6 Å². The first-order valence-corrected chi connectivity index (χ1v) is 8.86. The van der Waals surface area contributed by atoms with Crippen LogP contribution in [0.1, 0.15) is 12.1 Å². The number of nitrogens with zero attached hydrogens (tertiary/aromatic N) is 4. The second-order valence-corrected chi connectivity index (χ2v) is 6.75. The van der Waals surface area contributed by atoms with Crippen LogP contribution in [-0.2, 0) is 16.1 Å². The third-order valence-corrected chi connectivity index (χ3v) is 4.81. The second kappa shape index (κ2) is 6.86. The fourth-order valence-electron chi connectivity index (χ4n) is 3.43. The van der Waals surface area contributed by atoms with Crippen molar-refractivity contribution in [1.29, 1.82) is 0 Å². The van der Waals surface area contributed by atoms with Gasteiger partial charge in [0.1, 0.15) is 11.5 Å². The van der Waals surface area contributed by atoms with E-state index in [0.29, 0.717) is 25.3 Å². The van der Waals surface area contributed by atoms with Gasteiger partial charge in [0.25, 0.3) is 0 Å². The zero-order valence-corrected chi connectivity index (χ0v) is 14.9. The molecule has 0 saturated carbocycles. The van der Waals surface area contributed by atoms with Crippen LogP contribution in [-0.4, -0.2) is 39.1 Å². The lowest BCUT2D eigenvalue weighted by atomic mass is 10.1. The van der Waals surface area contributed by atoms with E-state index in [1.165, 1.54) is 17.0 Å². The Hall–Kier alpha value is -3.16. The van der Waals surface area contributed by atoms with Gasteiger partial charge in [-0.3, -0.25) is 9.59 Å². The van der Waals surface area contributed by atoms with Crippen LogP contribution in [0.2, 0.25) is 0 Å². The standard InChI is InChI=1S/C19H20FN5O2/c1-13-10-17-23(8-9-25(17)22-13)7-6-21-19(27)14-11-18(26)24(12-14)16-4-2-15(20)3-5-16/h2-5,8-10,14H,6-7,11-12H2,1H3,(H,21,27). The molecule has 2 amide bonds. The monoisotopic (exact) mass is 369 g/mol. The molecule has 27 heavy (non-hydrogen) atoms. The summed E-state index contributed by atoms with van der Waals surface area (Å²) in [6.07, 6.45) is 3.96. The average Bonchev–Trinajstić information content (AvgIpc) is 3.30. The Bertz CT molecular complexity index is 991. The van der Waals surface area contributed by atoms with E-state index >= 15 is 0 Å². The smallest absolute Gasteiger partial charge is 0.227 e. The van der Waals surface area contributed by atoms with E-state index in [9.17, 15) is 14.0 Å². The first-order valence-electron chi connectivity index (χ1n) is 8.86. The molecule has 1 aliphatic rings. The maximum absolute atomic E-state index is 13.1. The Labute approximate surface area is 155 Å². The largest absolute Gasteiger partial charge is 0.354 e. The molecular formula is C19H20FN5O2. The van der Waals surface area contributed by atoms with E-state index < -0.39 is 5.92 Å². The minimum atomic E-state index is -0.399. The Morgan fingerprint density at radius 2 is 2.07 bits per heavy atom. The number of benzene rings is 1. The van der Waals surface area contributed by atoms with Gasteiger partial charge in [0.05, 0.1) is 11.6 Å². The van der Waals surface area contributed by atoms with Gasteiger partial charge in [-0.05, 0) is 31.2 Å². The number of amides is 2. The number of halogens is 1. The van der Waals surface area contributed by atoms with Crippen LogP contribution in [0.3, 0.4) is 0 Å². The molecule has 8 heteroatoms. The molecule has 1 saturated heterocycles. The lowest BCUT2D eigenvalue weighted by Crippen LogP contribution is -2.34. The molecule has 1 fully saturated rings. The quantitative estimate of drug-likeness (QED) is 0.745. The zero-order valence-electron chi connectivity index (χ0n) is 14.9. The van der Waals surface area contributed by atoms with Crippen molar-refractivity contribution in [3.05, 3.63) is 54.2 Å². The molecule has 3 aromatic rings. The van der Waals surface area contributed by atoms with Crippen LogP contribution in [0.5, 0.6) is 0 Å². The number of rotatable bonds is 5. The summed E-state index contributed by atoms with van der Waals surface area (Å²) in [6.45, 7) is 3.33. The van der Waals surface area contributed by atoms with Crippen molar-refractivity contribution in [3.8, 4) is 0 Å². The molecule has 1 atom stereocenters. The summed E-state index contributed by atoms with van der Waals surface area (Å²) < 4.78 is 16.9. The predicted octanol–water partition coefficient (Wildman–Crippen LogP) is 1.75. The minimum absolute atomic E-state index is 0.122. The lowest BCUT2D eigenvalue weighted by molar-refractivity contribution is -0.126. The minimum Gasteiger partial charge on any atom is -0.354 e. The molecule has 2 aromatic heterocycles. The number of nitrogens with one attached hydrogen (secondary N) is 1. The first-order chi connectivity index (χ1) is 13.0. The molecule has 0 bridgehead atoms. The normalized spacial score (nSPS) is 17.0. The number of anilines is 1. The van der Waals surface area contributed by atoms with Gasteiger partial charge in [-0.25, -0.2) is 8.91 Å². The Kier molecular flexibility index (Phi) is 4.39. The van der Waals surface area contributed by atoms with Gasteiger partial charge in [-0.15, -0.1) is 0 Å². The summed E-state index contributed by atoms with van der Waals surface area (Å²) in [5.74, 6) is -1.01. The van der Waals surface area contributed by atoms with Crippen LogP contribution in [0.15, 0.2) is 42.7 Å². The molecule has 0 spiro atoms. The van der Waals surface area contributed by atoms with Gasteiger partial charge >= 0.3 is 0 Å². The highest BCUT2D eigenvalue weighted by atomic mass is 19.1. The van der Waals surface area contributed by atoms with Gasteiger partial charge < -0.3 is 14.8 Å². The number of imidazole rings is 1. The topological polar surface area (TPSA) is 71.6 Å². The molecule has 3 heterocycles. The molecule has 1 aliphatic heterocycles. The Morgan fingerprint density at radius 1 is 1.30 bits per heavy atom. The predicted molar refractivity (Wildman–Crippen MR) is 97.8 cm³/mol. The van der Waals surface area contributed by atoms with Crippen molar-refractivity contribution in [3.63, 3.8) is 0 Å². The molecule has 140 valence electrons. The summed E-state index contributed by atoms with van der Waals surface area (Å²) in [4.78, 5) is 26.2. The van der Waals surface area contributed by atoms with Gasteiger partial charge in [-0.2, -0.15) is 5.10 Å². The number of aromatic nitrogens is 3. The molecule has 1 aromatic carbocycles. The highest BCUT2D eigenvalue weighted by molar-refractivity contribution is 6.00. The van der Waals surface area contributed by atoms with Crippen molar-refractivity contribution in [1.82, 2.24) is 19.5 Å². The second-order valence-electron chi connectivity index (χ2n) is 6.75. The molecular weight excluding hydrogens is 349 g/mol.